The fourth-order valence-electron chi connectivity index (χ4n) is 1.91. The molecule has 0 aliphatic carbocycles. The molecular weight excluding hydrogens is 247 g/mol. The zero-order valence-electron chi connectivity index (χ0n) is 11.4. The van der Waals surface area contributed by atoms with Crippen LogP contribution < -0.4 is 16.1 Å². The number of amidine groups is 1. The summed E-state index contributed by atoms with van der Waals surface area (Å²) in [4.78, 5) is 10.9. The largest absolute Gasteiger partial charge is 0.369 e. The molecule has 0 saturated heterocycles. The number of hydrazone groups is 1. The van der Waals surface area contributed by atoms with Crippen molar-refractivity contribution >= 4 is 23.1 Å². The molecule has 19 heavy (non-hydrogen) atoms. The van der Waals surface area contributed by atoms with E-state index in [0.29, 0.717) is 17.2 Å². The number of carbonyl (C=O) groups excluding carboxylic acids is 1. The van der Waals surface area contributed by atoms with Crippen molar-refractivity contribution in [2.75, 3.05) is 10.6 Å². The molecule has 102 valence electrons. The molecule has 1 aromatic rings. The van der Waals surface area contributed by atoms with Gasteiger partial charge in [0.25, 0.3) is 0 Å². The highest BCUT2D eigenvalue weighted by molar-refractivity contribution is 6.09. The van der Waals surface area contributed by atoms with Gasteiger partial charge in [0.15, 0.2) is 5.84 Å². The summed E-state index contributed by atoms with van der Waals surface area (Å²) in [7, 11) is 0. The van der Waals surface area contributed by atoms with Gasteiger partial charge in [-0.15, -0.1) is 0 Å². The average molecular weight is 264 g/mol. The Bertz CT molecular complexity index is 566. The average Bonchev–Trinajstić information content (AvgIpc) is 2.31. The van der Waals surface area contributed by atoms with E-state index in [9.17, 15) is 9.18 Å². The van der Waals surface area contributed by atoms with Crippen LogP contribution in [0.4, 0.5) is 15.8 Å². The van der Waals surface area contributed by atoms with Gasteiger partial charge >= 0.3 is 0 Å². The van der Waals surface area contributed by atoms with Crippen molar-refractivity contribution in [1.29, 1.82) is 0 Å². The van der Waals surface area contributed by atoms with E-state index in [0.717, 1.165) is 5.56 Å². The minimum absolute atomic E-state index is 0.258. The first-order valence-electron chi connectivity index (χ1n) is 6.00. The number of amides is 1. The van der Waals surface area contributed by atoms with Crippen LogP contribution in [0, 0.1) is 12.7 Å². The molecule has 0 spiro atoms. The molecule has 1 aromatic carbocycles. The van der Waals surface area contributed by atoms with Crippen molar-refractivity contribution in [2.24, 2.45) is 5.10 Å². The van der Waals surface area contributed by atoms with E-state index >= 15 is 0 Å². The second kappa shape index (κ2) is 4.53. The summed E-state index contributed by atoms with van der Waals surface area (Å²) in [5.74, 6) is -0.0458. The minimum Gasteiger partial charge on any atom is -0.369 e. The SMILES string of the molecule is CC(=O)NN=C1Nc2c(C)ccc(F)c2NC1(C)C. The number of aryl methyl sites for hydroxylation is 1. The molecule has 0 saturated carbocycles. The molecule has 2 rings (SSSR count). The number of anilines is 2. The first-order chi connectivity index (χ1) is 8.81. The number of halogens is 1. The summed E-state index contributed by atoms with van der Waals surface area (Å²) in [5.41, 5.74) is 3.74. The second-order valence-corrected chi connectivity index (χ2v) is 5.12. The molecule has 1 heterocycles. The quantitative estimate of drug-likeness (QED) is 0.681. The summed E-state index contributed by atoms with van der Waals surface area (Å²) in [5, 5.41) is 10.2. The Morgan fingerprint density at radius 2 is 2.05 bits per heavy atom. The minimum atomic E-state index is -0.607. The van der Waals surface area contributed by atoms with Crippen LogP contribution >= 0.6 is 0 Å². The number of hydrogen-bond acceptors (Lipinski definition) is 3. The van der Waals surface area contributed by atoms with E-state index in [1.807, 2.05) is 20.8 Å². The number of rotatable bonds is 1. The van der Waals surface area contributed by atoms with Crippen molar-refractivity contribution in [1.82, 2.24) is 5.43 Å². The Morgan fingerprint density at radius 1 is 1.37 bits per heavy atom. The highest BCUT2D eigenvalue weighted by Gasteiger charge is 2.33. The summed E-state index contributed by atoms with van der Waals surface area (Å²) in [6, 6.07) is 3.12. The maximum absolute atomic E-state index is 13.8. The van der Waals surface area contributed by atoms with Gasteiger partial charge in [-0.1, -0.05) is 6.07 Å². The van der Waals surface area contributed by atoms with Crippen LogP contribution in [0.5, 0.6) is 0 Å². The van der Waals surface area contributed by atoms with Gasteiger partial charge in [-0.25, -0.2) is 9.82 Å². The third-order valence-corrected chi connectivity index (χ3v) is 2.96. The van der Waals surface area contributed by atoms with E-state index in [4.69, 9.17) is 0 Å². The number of nitrogens with zero attached hydrogens (tertiary/aromatic N) is 1. The first kappa shape index (κ1) is 13.3. The third kappa shape index (κ3) is 2.52. The maximum Gasteiger partial charge on any atom is 0.237 e. The molecule has 0 unspecified atom stereocenters. The maximum atomic E-state index is 13.8. The van der Waals surface area contributed by atoms with Gasteiger partial charge in [-0.2, -0.15) is 5.10 Å². The number of nitrogens with one attached hydrogen (secondary N) is 3. The van der Waals surface area contributed by atoms with Crippen LogP contribution in [0.3, 0.4) is 0 Å². The number of benzene rings is 1. The zero-order valence-corrected chi connectivity index (χ0v) is 11.4. The van der Waals surface area contributed by atoms with Crippen molar-refractivity contribution in [2.45, 2.75) is 33.2 Å². The molecule has 5 nitrogen and oxygen atoms in total. The van der Waals surface area contributed by atoms with Crippen LogP contribution in [-0.2, 0) is 4.79 Å². The first-order valence-corrected chi connectivity index (χ1v) is 6.00. The Balaban J connectivity index is 2.45. The van der Waals surface area contributed by atoms with Gasteiger partial charge in [0, 0.05) is 6.92 Å². The lowest BCUT2D eigenvalue weighted by Crippen LogP contribution is -2.49. The molecule has 0 fully saturated rings. The Kier molecular flexibility index (Phi) is 3.18. The van der Waals surface area contributed by atoms with Crippen molar-refractivity contribution in [3.63, 3.8) is 0 Å². The smallest absolute Gasteiger partial charge is 0.237 e. The summed E-state index contributed by atoms with van der Waals surface area (Å²) in [6.45, 7) is 6.96. The molecular formula is C13H17FN4O. The number of fused-ring (bicyclic) bond motifs is 1. The van der Waals surface area contributed by atoms with Gasteiger partial charge < -0.3 is 10.6 Å². The molecule has 0 aromatic heterocycles. The lowest BCUT2D eigenvalue weighted by molar-refractivity contribution is -0.118. The van der Waals surface area contributed by atoms with Crippen LogP contribution in [0.2, 0.25) is 0 Å². The highest BCUT2D eigenvalue weighted by Crippen LogP contribution is 2.35. The standard InChI is InChI=1S/C13H17FN4O/c1-7-5-6-9(14)11-10(7)15-12(13(3,4)16-11)18-17-8(2)19/h5-6,16H,1-4H3,(H,15,18)(H,17,19). The molecule has 1 aliphatic rings. The van der Waals surface area contributed by atoms with Crippen LogP contribution in [0.15, 0.2) is 17.2 Å². The molecule has 1 amide bonds. The number of hydrogen-bond donors (Lipinski definition) is 3. The molecule has 0 radical (unpaired) electrons. The molecule has 0 bridgehead atoms. The third-order valence-electron chi connectivity index (χ3n) is 2.96. The van der Waals surface area contributed by atoms with Gasteiger partial charge in [-0.05, 0) is 32.4 Å². The Morgan fingerprint density at radius 3 is 2.68 bits per heavy atom. The van der Waals surface area contributed by atoms with Gasteiger partial charge in [0.1, 0.15) is 5.82 Å². The van der Waals surface area contributed by atoms with E-state index in [1.54, 1.807) is 6.07 Å². The van der Waals surface area contributed by atoms with Gasteiger partial charge in [-0.3, -0.25) is 4.79 Å². The predicted molar refractivity (Wildman–Crippen MR) is 73.7 cm³/mol. The predicted octanol–water partition coefficient (Wildman–Crippen LogP) is 2.20. The highest BCUT2D eigenvalue weighted by atomic mass is 19.1. The van der Waals surface area contributed by atoms with Crippen LogP contribution in [0.1, 0.15) is 26.3 Å². The molecule has 3 N–H and O–H groups in total. The Labute approximate surface area is 111 Å². The van der Waals surface area contributed by atoms with Crippen molar-refractivity contribution in [3.8, 4) is 0 Å². The fourth-order valence-corrected chi connectivity index (χ4v) is 1.91. The lowest BCUT2D eigenvalue weighted by Gasteiger charge is -2.36. The second-order valence-electron chi connectivity index (χ2n) is 5.12. The molecule has 1 aliphatic heterocycles. The summed E-state index contributed by atoms with van der Waals surface area (Å²) >= 11 is 0. The topological polar surface area (TPSA) is 65.5 Å². The van der Waals surface area contributed by atoms with E-state index in [2.05, 4.69) is 21.2 Å². The molecule has 0 atom stereocenters. The van der Waals surface area contributed by atoms with Gasteiger partial charge in [0.2, 0.25) is 5.91 Å². The molecule has 6 heteroatoms. The van der Waals surface area contributed by atoms with Gasteiger partial charge in [0.05, 0.1) is 16.9 Å². The normalized spacial score (nSPS) is 18.3. The van der Waals surface area contributed by atoms with Crippen LogP contribution in [-0.4, -0.2) is 17.3 Å². The summed E-state index contributed by atoms with van der Waals surface area (Å²) < 4.78 is 13.8. The lowest BCUT2D eigenvalue weighted by atomic mass is 9.97. The fraction of sp³-hybridized carbons (Fsp3) is 0.385. The van der Waals surface area contributed by atoms with E-state index in [1.165, 1.54) is 13.0 Å². The van der Waals surface area contributed by atoms with E-state index < -0.39 is 5.54 Å². The van der Waals surface area contributed by atoms with Crippen molar-refractivity contribution in [3.05, 3.63) is 23.5 Å². The Hall–Kier alpha value is -2.11. The van der Waals surface area contributed by atoms with Crippen molar-refractivity contribution < 1.29 is 9.18 Å². The van der Waals surface area contributed by atoms with E-state index in [-0.39, 0.29) is 11.7 Å². The number of carbonyl (C=O) groups is 1. The zero-order chi connectivity index (χ0) is 14.2. The van der Waals surface area contributed by atoms with Crippen LogP contribution in [0.25, 0.3) is 0 Å². The monoisotopic (exact) mass is 264 g/mol. The summed E-state index contributed by atoms with van der Waals surface area (Å²) in [6.07, 6.45) is 0.